The summed E-state index contributed by atoms with van der Waals surface area (Å²) in [4.78, 5) is 10.4. The van der Waals surface area contributed by atoms with Crippen LogP contribution in [-0.4, -0.2) is 19.0 Å². The Kier molecular flexibility index (Phi) is 5.12. The molecule has 3 nitrogen and oxygen atoms in total. The Bertz CT molecular complexity index is 341. The Labute approximate surface area is 95.7 Å². The number of rotatable bonds is 6. The average molecular weight is 220 g/mol. The molecule has 3 heteroatoms. The summed E-state index contributed by atoms with van der Waals surface area (Å²) >= 11 is 0. The summed E-state index contributed by atoms with van der Waals surface area (Å²) in [6.45, 7) is 4.30. The van der Waals surface area contributed by atoms with Gasteiger partial charge in [0.25, 0.3) is 0 Å². The molecule has 0 saturated carbocycles. The lowest BCUT2D eigenvalue weighted by atomic mass is 10.2. The van der Waals surface area contributed by atoms with E-state index < -0.39 is 0 Å². The molecule has 0 aromatic heterocycles. The van der Waals surface area contributed by atoms with Crippen molar-refractivity contribution >= 4 is 6.29 Å². The van der Waals surface area contributed by atoms with Gasteiger partial charge in [0.2, 0.25) is 0 Å². The van der Waals surface area contributed by atoms with E-state index in [9.17, 15) is 4.79 Å². The number of ether oxygens (including phenoxy) is 2. The van der Waals surface area contributed by atoms with Gasteiger partial charge in [-0.25, -0.2) is 0 Å². The summed E-state index contributed by atoms with van der Waals surface area (Å²) in [5.41, 5.74) is 0.644. The van der Waals surface area contributed by atoms with Gasteiger partial charge in [-0.2, -0.15) is 0 Å². The van der Waals surface area contributed by atoms with Crippen LogP contribution in [0.1, 0.15) is 24.2 Å². The minimum Gasteiger partial charge on any atom is -0.495 e. The fourth-order valence-electron chi connectivity index (χ4n) is 1.11. The summed E-state index contributed by atoms with van der Waals surface area (Å²) in [5, 5.41) is 0. The maximum atomic E-state index is 10.4. The molecule has 1 atom stereocenters. The average Bonchev–Trinajstić information content (AvgIpc) is 2.34. The molecule has 86 valence electrons. The molecule has 1 unspecified atom stereocenters. The predicted molar refractivity (Wildman–Crippen MR) is 62.7 cm³/mol. The molecule has 0 bridgehead atoms. The first-order valence-corrected chi connectivity index (χ1v) is 5.21. The van der Waals surface area contributed by atoms with Crippen LogP contribution in [0, 0.1) is 0 Å². The first kappa shape index (κ1) is 12.3. The van der Waals surface area contributed by atoms with Crippen molar-refractivity contribution in [3.8, 4) is 5.75 Å². The van der Waals surface area contributed by atoms with Gasteiger partial charge >= 0.3 is 0 Å². The van der Waals surface area contributed by atoms with Gasteiger partial charge in [-0.3, -0.25) is 4.79 Å². The van der Waals surface area contributed by atoms with Gasteiger partial charge in [0, 0.05) is 5.56 Å². The molecule has 1 aromatic carbocycles. The number of aldehydes is 1. The second-order valence-electron chi connectivity index (χ2n) is 3.41. The van der Waals surface area contributed by atoms with Crippen molar-refractivity contribution < 1.29 is 14.3 Å². The van der Waals surface area contributed by atoms with Gasteiger partial charge in [0.05, 0.1) is 6.26 Å². The molecule has 1 aromatic rings. The molecule has 1 rings (SSSR count). The zero-order valence-electron chi connectivity index (χ0n) is 9.55. The minimum absolute atomic E-state index is 0.00180. The quantitative estimate of drug-likeness (QED) is 0.546. The van der Waals surface area contributed by atoms with E-state index in [0.29, 0.717) is 12.2 Å². The molecule has 0 heterocycles. The van der Waals surface area contributed by atoms with E-state index in [1.165, 1.54) is 0 Å². The van der Waals surface area contributed by atoms with Crippen LogP contribution in [0.3, 0.4) is 0 Å². The van der Waals surface area contributed by atoms with Gasteiger partial charge < -0.3 is 9.47 Å². The van der Waals surface area contributed by atoms with Crippen molar-refractivity contribution in [1.82, 2.24) is 0 Å². The SMILES string of the molecule is CC=COC(C)COc1ccc(C=O)cc1. The zero-order chi connectivity index (χ0) is 11.8. The Hall–Kier alpha value is -1.77. The van der Waals surface area contributed by atoms with Crippen LogP contribution >= 0.6 is 0 Å². The molecule has 0 amide bonds. The summed E-state index contributed by atoms with van der Waals surface area (Å²) in [5.74, 6) is 0.738. The van der Waals surface area contributed by atoms with E-state index in [1.54, 1.807) is 30.5 Å². The van der Waals surface area contributed by atoms with Gasteiger partial charge in [-0.15, -0.1) is 0 Å². The highest BCUT2D eigenvalue weighted by Crippen LogP contribution is 2.11. The van der Waals surface area contributed by atoms with Crippen molar-refractivity contribution in [2.24, 2.45) is 0 Å². The molecule has 0 aliphatic heterocycles. The van der Waals surface area contributed by atoms with Crippen LogP contribution in [0.2, 0.25) is 0 Å². The minimum atomic E-state index is 0.00180. The summed E-state index contributed by atoms with van der Waals surface area (Å²) in [6.07, 6.45) is 4.28. The molecule has 16 heavy (non-hydrogen) atoms. The highest BCUT2D eigenvalue weighted by atomic mass is 16.5. The van der Waals surface area contributed by atoms with Gasteiger partial charge in [-0.05, 0) is 38.1 Å². The number of carbonyl (C=O) groups is 1. The van der Waals surface area contributed by atoms with Crippen LogP contribution in [0.25, 0.3) is 0 Å². The van der Waals surface area contributed by atoms with Crippen molar-refractivity contribution in [3.05, 3.63) is 42.2 Å². The Balaban J connectivity index is 2.38. The number of hydrogen-bond acceptors (Lipinski definition) is 3. The number of benzene rings is 1. The molecule has 0 spiro atoms. The maximum Gasteiger partial charge on any atom is 0.150 e. The Morgan fingerprint density at radius 3 is 2.56 bits per heavy atom. The van der Waals surface area contributed by atoms with E-state index >= 15 is 0 Å². The van der Waals surface area contributed by atoms with Crippen molar-refractivity contribution in [1.29, 1.82) is 0 Å². The normalized spacial score (nSPS) is 12.4. The second-order valence-corrected chi connectivity index (χ2v) is 3.41. The molecule has 0 aliphatic carbocycles. The summed E-state index contributed by atoms with van der Waals surface area (Å²) in [7, 11) is 0. The van der Waals surface area contributed by atoms with E-state index in [2.05, 4.69) is 0 Å². The predicted octanol–water partition coefficient (Wildman–Crippen LogP) is 2.82. The van der Waals surface area contributed by atoms with Crippen molar-refractivity contribution in [3.63, 3.8) is 0 Å². The third kappa shape index (κ3) is 4.17. The van der Waals surface area contributed by atoms with E-state index in [-0.39, 0.29) is 6.10 Å². The molecule has 0 aliphatic rings. The first-order valence-electron chi connectivity index (χ1n) is 5.21. The fraction of sp³-hybridized carbons (Fsp3) is 0.308. The third-order valence-corrected chi connectivity index (χ3v) is 1.95. The molecule has 0 N–H and O–H groups in total. The molecule has 0 saturated heterocycles. The molecular formula is C13H16O3. The lowest BCUT2D eigenvalue weighted by molar-refractivity contribution is 0.102. The van der Waals surface area contributed by atoms with Crippen LogP contribution in [0.15, 0.2) is 36.6 Å². The van der Waals surface area contributed by atoms with Crippen LogP contribution in [0.5, 0.6) is 5.75 Å². The number of hydrogen-bond donors (Lipinski definition) is 0. The van der Waals surface area contributed by atoms with E-state index in [0.717, 1.165) is 12.0 Å². The zero-order valence-corrected chi connectivity index (χ0v) is 9.55. The Morgan fingerprint density at radius 2 is 2.00 bits per heavy atom. The van der Waals surface area contributed by atoms with Gasteiger partial charge in [-0.1, -0.05) is 6.08 Å². The van der Waals surface area contributed by atoms with Crippen molar-refractivity contribution in [2.75, 3.05) is 6.61 Å². The summed E-state index contributed by atoms with van der Waals surface area (Å²) in [6, 6.07) is 6.98. The first-order chi connectivity index (χ1) is 7.76. The Morgan fingerprint density at radius 1 is 1.31 bits per heavy atom. The fourth-order valence-corrected chi connectivity index (χ4v) is 1.11. The monoisotopic (exact) mass is 220 g/mol. The van der Waals surface area contributed by atoms with E-state index in [4.69, 9.17) is 9.47 Å². The summed E-state index contributed by atoms with van der Waals surface area (Å²) < 4.78 is 10.8. The smallest absolute Gasteiger partial charge is 0.150 e. The van der Waals surface area contributed by atoms with Crippen molar-refractivity contribution in [2.45, 2.75) is 20.0 Å². The maximum absolute atomic E-state index is 10.4. The van der Waals surface area contributed by atoms with Crippen LogP contribution in [-0.2, 0) is 4.74 Å². The molecular weight excluding hydrogens is 204 g/mol. The number of carbonyl (C=O) groups excluding carboxylic acids is 1. The topological polar surface area (TPSA) is 35.5 Å². The largest absolute Gasteiger partial charge is 0.495 e. The van der Waals surface area contributed by atoms with Crippen LogP contribution in [0.4, 0.5) is 0 Å². The highest BCUT2D eigenvalue weighted by Gasteiger charge is 2.01. The van der Waals surface area contributed by atoms with E-state index in [1.807, 2.05) is 19.9 Å². The van der Waals surface area contributed by atoms with Gasteiger partial charge in [0.15, 0.2) is 0 Å². The lowest BCUT2D eigenvalue weighted by Gasteiger charge is -2.12. The standard InChI is InChI=1S/C13H16O3/c1-3-8-15-11(2)10-16-13-6-4-12(9-14)5-7-13/h3-9,11H,10H2,1-2H3. The van der Waals surface area contributed by atoms with Gasteiger partial charge in [0.1, 0.15) is 24.7 Å². The second kappa shape index (κ2) is 6.67. The highest BCUT2D eigenvalue weighted by molar-refractivity contribution is 5.74. The third-order valence-electron chi connectivity index (χ3n) is 1.95. The van der Waals surface area contributed by atoms with Crippen LogP contribution < -0.4 is 4.74 Å². The molecule has 0 fully saturated rings. The lowest BCUT2D eigenvalue weighted by Crippen LogP contribution is -2.15. The molecule has 0 radical (unpaired) electrons. The number of allylic oxidation sites excluding steroid dienone is 1.